The molecule has 1 unspecified atom stereocenters. The van der Waals surface area contributed by atoms with Gasteiger partial charge in [0.05, 0.1) is 30.7 Å². The summed E-state index contributed by atoms with van der Waals surface area (Å²) >= 11 is 0. The van der Waals surface area contributed by atoms with Crippen molar-refractivity contribution in [2.45, 2.75) is 143 Å². The number of ether oxygens (including phenoxy) is 2. The van der Waals surface area contributed by atoms with Crippen molar-refractivity contribution in [1.29, 1.82) is 0 Å². The van der Waals surface area contributed by atoms with E-state index in [1.54, 1.807) is 7.11 Å². The lowest BCUT2D eigenvalue weighted by atomic mass is 9.74. The highest BCUT2D eigenvalue weighted by atomic mass is 16.5. The lowest BCUT2D eigenvalue weighted by Crippen LogP contribution is -2.51. The summed E-state index contributed by atoms with van der Waals surface area (Å²) in [6, 6.07) is 1.86. The normalized spacial score (nSPS) is 20.7. The van der Waals surface area contributed by atoms with Gasteiger partial charge in [-0.1, -0.05) is 40.7 Å². The zero-order valence-corrected chi connectivity index (χ0v) is 29.5. The molecule has 1 fully saturated rings. The van der Waals surface area contributed by atoms with E-state index in [4.69, 9.17) is 30.5 Å². The largest absolute Gasteiger partial charge is 0.516 e. The highest BCUT2D eigenvalue weighted by Gasteiger charge is 2.44. The maximum Gasteiger partial charge on any atom is 0.246 e. The van der Waals surface area contributed by atoms with Crippen molar-refractivity contribution in [3.8, 4) is 5.75 Å². The van der Waals surface area contributed by atoms with Gasteiger partial charge in [0.2, 0.25) is 5.91 Å². The zero-order chi connectivity index (χ0) is 35.4. The van der Waals surface area contributed by atoms with Crippen LogP contribution >= 0.6 is 0 Å². The first kappa shape index (κ1) is 43.8. The Morgan fingerprint density at radius 3 is 2.35 bits per heavy atom. The van der Waals surface area contributed by atoms with E-state index in [1.807, 2.05) is 33.8 Å². The predicted octanol–water partition coefficient (Wildman–Crippen LogP) is 4.94. The lowest BCUT2D eigenvalue weighted by Gasteiger charge is -2.46. The van der Waals surface area contributed by atoms with Crippen molar-refractivity contribution in [2.75, 3.05) is 20.3 Å². The molecule has 10 heteroatoms. The fraction of sp³-hybridized carbons (Fsp3) is 0.750. The molecular weight excluding hydrogens is 590 g/mol. The number of hydrogen-bond acceptors (Lipinski definition) is 9. The van der Waals surface area contributed by atoms with Gasteiger partial charge in [0.1, 0.15) is 11.9 Å². The van der Waals surface area contributed by atoms with E-state index in [0.29, 0.717) is 44.5 Å². The molecule has 0 radical (unpaired) electrons. The van der Waals surface area contributed by atoms with Crippen LogP contribution in [0.25, 0.3) is 0 Å². The Morgan fingerprint density at radius 2 is 1.80 bits per heavy atom. The number of phenolic OH excluding ortho intramolecular Hbond substituents is 1. The standard InChI is InChI=1S/C26H44O5.C8H17NO3.C2H4O/c1-7-21-17(2)14-23(28)18(3)22(21)11-9-8-10-19(27)15-25-26(4,5)24(29)16-20(31-25)12-13-30-6;1-6(5-10)3-2-4-7(11)8(9)12;1-2-3/h14,19-20,24-25,27-29H,7-13,15-16H2,1-6H3;6-7,10-11H,2-5H2,1H3,(H2,9,12);2-3H,1H2/t19-,20-,24-,25-;6?,7-;/m10./s1. The van der Waals surface area contributed by atoms with Crippen LogP contribution in [0.5, 0.6) is 5.75 Å². The van der Waals surface area contributed by atoms with Gasteiger partial charge in [0.15, 0.2) is 0 Å². The molecule has 1 amide bonds. The number of carbonyl (C=O) groups is 1. The van der Waals surface area contributed by atoms with Gasteiger partial charge in [0, 0.05) is 38.6 Å². The SMILES string of the molecule is C=CO.CC(CO)CCC[C@H](O)C(N)=O.CCc1c(C)cc(O)c(C)c1CCCC[C@@H](O)C[C@H]1O[C@H](CCOC)C[C@@H](O)C1(C)C. The van der Waals surface area contributed by atoms with Crippen LogP contribution in [0.15, 0.2) is 18.9 Å². The number of carbonyl (C=O) groups excluding carboxylic acids is 1. The molecule has 2 rings (SSSR count). The van der Waals surface area contributed by atoms with Crippen LogP contribution in [-0.2, 0) is 27.1 Å². The molecule has 0 spiro atoms. The molecule has 1 aromatic rings. The summed E-state index contributed by atoms with van der Waals surface area (Å²) in [5, 5.41) is 56.5. The Labute approximate surface area is 277 Å². The molecule has 268 valence electrons. The van der Waals surface area contributed by atoms with E-state index in [0.717, 1.165) is 55.9 Å². The molecular formula is C36H65NO9. The molecule has 1 heterocycles. The number of unbranched alkanes of at least 4 members (excludes halogenated alkanes) is 1. The van der Waals surface area contributed by atoms with Gasteiger partial charge in [-0.15, -0.1) is 0 Å². The number of aliphatic hydroxyl groups excluding tert-OH is 5. The minimum absolute atomic E-state index is 0.0235. The minimum atomic E-state index is -1.03. The van der Waals surface area contributed by atoms with Crippen molar-refractivity contribution in [1.82, 2.24) is 0 Å². The summed E-state index contributed by atoms with van der Waals surface area (Å²) in [4.78, 5) is 10.4. The van der Waals surface area contributed by atoms with E-state index in [9.17, 15) is 20.1 Å². The maximum atomic E-state index is 10.7. The number of aryl methyl sites for hydroxylation is 1. The first-order chi connectivity index (χ1) is 21.6. The molecule has 6 atom stereocenters. The van der Waals surface area contributed by atoms with Gasteiger partial charge in [0.25, 0.3) is 0 Å². The summed E-state index contributed by atoms with van der Waals surface area (Å²) in [5.41, 5.74) is 9.20. The minimum Gasteiger partial charge on any atom is -0.516 e. The Hall–Kier alpha value is -2.21. The molecule has 8 N–H and O–H groups in total. The van der Waals surface area contributed by atoms with Gasteiger partial charge in [-0.2, -0.15) is 0 Å². The molecule has 1 aliphatic rings. The number of benzene rings is 1. The molecule has 1 saturated heterocycles. The van der Waals surface area contributed by atoms with Gasteiger partial charge in [-0.3, -0.25) is 4.79 Å². The number of aromatic hydroxyl groups is 1. The smallest absolute Gasteiger partial charge is 0.246 e. The van der Waals surface area contributed by atoms with Crippen molar-refractivity contribution < 1.29 is 44.9 Å². The predicted molar refractivity (Wildman–Crippen MR) is 183 cm³/mol. The van der Waals surface area contributed by atoms with E-state index >= 15 is 0 Å². The maximum absolute atomic E-state index is 10.7. The van der Waals surface area contributed by atoms with Gasteiger partial charge >= 0.3 is 0 Å². The molecule has 0 aromatic heterocycles. The Morgan fingerprint density at radius 1 is 1.17 bits per heavy atom. The zero-order valence-electron chi connectivity index (χ0n) is 29.5. The number of aliphatic hydroxyl groups is 5. The Balaban J connectivity index is 0.00000113. The van der Waals surface area contributed by atoms with E-state index < -0.39 is 24.2 Å². The highest BCUT2D eigenvalue weighted by Crippen LogP contribution is 2.39. The summed E-state index contributed by atoms with van der Waals surface area (Å²) in [7, 11) is 1.67. The van der Waals surface area contributed by atoms with Crippen LogP contribution in [0.4, 0.5) is 0 Å². The van der Waals surface area contributed by atoms with Crippen LogP contribution in [0, 0.1) is 25.2 Å². The first-order valence-electron chi connectivity index (χ1n) is 16.8. The highest BCUT2D eigenvalue weighted by molar-refractivity contribution is 5.78. The van der Waals surface area contributed by atoms with E-state index in [2.05, 4.69) is 20.4 Å². The van der Waals surface area contributed by atoms with Gasteiger partial charge in [-0.05, 0) is 99.5 Å². The number of nitrogens with two attached hydrogens (primary N) is 1. The second-order valence-electron chi connectivity index (χ2n) is 13.2. The number of methoxy groups -OCH3 is 1. The van der Waals surface area contributed by atoms with E-state index in [1.165, 1.54) is 11.1 Å². The van der Waals surface area contributed by atoms with Crippen molar-refractivity contribution in [3.05, 3.63) is 41.2 Å². The first-order valence-corrected chi connectivity index (χ1v) is 16.8. The summed E-state index contributed by atoms with van der Waals surface area (Å²) < 4.78 is 11.4. The van der Waals surface area contributed by atoms with Crippen molar-refractivity contribution in [2.24, 2.45) is 17.1 Å². The third-order valence-electron chi connectivity index (χ3n) is 9.07. The second kappa shape index (κ2) is 23.2. The van der Waals surface area contributed by atoms with Crippen molar-refractivity contribution >= 4 is 5.91 Å². The average molecular weight is 656 g/mol. The van der Waals surface area contributed by atoms with Gasteiger partial charge in [-0.25, -0.2) is 0 Å². The molecule has 10 nitrogen and oxygen atoms in total. The topological polar surface area (TPSA) is 183 Å². The fourth-order valence-corrected chi connectivity index (χ4v) is 5.81. The molecule has 0 bridgehead atoms. The number of phenols is 1. The number of primary amides is 1. The molecule has 1 aromatic carbocycles. The summed E-state index contributed by atoms with van der Waals surface area (Å²) in [5.74, 6) is -0.0697. The quantitative estimate of drug-likeness (QED) is 0.0903. The van der Waals surface area contributed by atoms with Crippen LogP contribution in [0.3, 0.4) is 0 Å². The van der Waals surface area contributed by atoms with Crippen LogP contribution in [0.1, 0.15) is 108 Å². The Kier molecular flexibility index (Phi) is 22.1. The average Bonchev–Trinajstić information content (AvgIpc) is 2.99. The van der Waals surface area contributed by atoms with Crippen molar-refractivity contribution in [3.63, 3.8) is 0 Å². The number of rotatable bonds is 17. The number of amides is 1. The lowest BCUT2D eigenvalue weighted by molar-refractivity contribution is -0.186. The third-order valence-corrected chi connectivity index (χ3v) is 9.07. The van der Waals surface area contributed by atoms with Gasteiger partial charge < -0.3 is 45.8 Å². The Bertz CT molecular complexity index is 1000. The summed E-state index contributed by atoms with van der Waals surface area (Å²) in [6.45, 7) is 15.9. The fourth-order valence-electron chi connectivity index (χ4n) is 5.81. The second-order valence-corrected chi connectivity index (χ2v) is 13.2. The van der Waals surface area contributed by atoms with Crippen LogP contribution < -0.4 is 5.73 Å². The molecule has 1 aliphatic heterocycles. The summed E-state index contributed by atoms with van der Waals surface area (Å²) in [6.07, 6.45) is 6.95. The van der Waals surface area contributed by atoms with Crippen LogP contribution in [0.2, 0.25) is 0 Å². The number of hydrogen-bond donors (Lipinski definition) is 7. The van der Waals surface area contributed by atoms with Crippen LogP contribution in [-0.4, -0.2) is 87.4 Å². The molecule has 0 saturated carbocycles. The molecule has 0 aliphatic carbocycles. The third kappa shape index (κ3) is 15.6. The van der Waals surface area contributed by atoms with E-state index in [-0.39, 0.29) is 30.1 Å². The monoisotopic (exact) mass is 655 g/mol. The molecule has 46 heavy (non-hydrogen) atoms.